The fourth-order valence-corrected chi connectivity index (χ4v) is 1.85. The Kier molecular flexibility index (Phi) is 5.15. The van der Waals surface area contributed by atoms with Gasteiger partial charge in [-0.05, 0) is 29.8 Å². The minimum Gasteiger partial charge on any atom is -0.487 e. The molecule has 2 nitrogen and oxygen atoms in total. The Morgan fingerprint density at radius 2 is 1.95 bits per heavy atom. The van der Waals surface area contributed by atoms with Gasteiger partial charge in [-0.2, -0.15) is 0 Å². The predicted molar refractivity (Wildman–Crippen MR) is 76.1 cm³/mol. The smallest absolute Gasteiger partial charge is 0.141 e. The summed E-state index contributed by atoms with van der Waals surface area (Å²) in [4.78, 5) is 0. The third-order valence-electron chi connectivity index (χ3n) is 2.62. The van der Waals surface area contributed by atoms with Gasteiger partial charge in [0.2, 0.25) is 0 Å². The molecule has 0 atom stereocenters. The molecule has 0 aromatic heterocycles. The SMILES string of the molecule is OCC#Cc1ccc(F)cc1OCc1ccc(F)c(Cl)c1. The van der Waals surface area contributed by atoms with E-state index >= 15 is 0 Å². The van der Waals surface area contributed by atoms with E-state index in [0.717, 1.165) is 0 Å². The standard InChI is InChI=1S/C16H11ClF2O2/c17-14-8-11(3-6-15(14)19)10-21-16-9-13(18)5-4-12(16)2-1-7-20/h3-6,8-9,20H,7,10H2. The van der Waals surface area contributed by atoms with E-state index in [2.05, 4.69) is 11.8 Å². The number of aliphatic hydroxyl groups is 1. The molecule has 0 aliphatic carbocycles. The van der Waals surface area contributed by atoms with Gasteiger partial charge in [0.1, 0.15) is 30.6 Å². The second-order valence-corrected chi connectivity index (χ2v) is 4.54. The van der Waals surface area contributed by atoms with Crippen molar-refractivity contribution in [3.63, 3.8) is 0 Å². The monoisotopic (exact) mass is 308 g/mol. The van der Waals surface area contributed by atoms with Crippen LogP contribution in [0, 0.1) is 23.5 Å². The van der Waals surface area contributed by atoms with Gasteiger partial charge in [-0.15, -0.1) is 0 Å². The molecule has 0 spiro atoms. The summed E-state index contributed by atoms with van der Waals surface area (Å²) in [5, 5.41) is 8.69. The molecular formula is C16H11ClF2O2. The summed E-state index contributed by atoms with van der Waals surface area (Å²) in [6.45, 7) is -0.207. The van der Waals surface area contributed by atoms with Crippen molar-refractivity contribution in [2.45, 2.75) is 6.61 Å². The fraction of sp³-hybridized carbons (Fsp3) is 0.125. The van der Waals surface area contributed by atoms with Crippen LogP contribution in [0.2, 0.25) is 5.02 Å². The Morgan fingerprint density at radius 1 is 1.14 bits per heavy atom. The van der Waals surface area contributed by atoms with E-state index in [4.69, 9.17) is 21.4 Å². The molecule has 0 bridgehead atoms. The molecule has 0 amide bonds. The van der Waals surface area contributed by atoms with Crippen LogP contribution in [0.25, 0.3) is 0 Å². The fourth-order valence-electron chi connectivity index (χ4n) is 1.64. The number of hydrogen-bond acceptors (Lipinski definition) is 2. The second-order valence-electron chi connectivity index (χ2n) is 4.14. The molecule has 21 heavy (non-hydrogen) atoms. The largest absolute Gasteiger partial charge is 0.487 e. The number of hydrogen-bond donors (Lipinski definition) is 1. The number of rotatable bonds is 3. The normalized spacial score (nSPS) is 9.90. The minimum atomic E-state index is -0.513. The highest BCUT2D eigenvalue weighted by atomic mass is 35.5. The molecular weight excluding hydrogens is 298 g/mol. The number of aliphatic hydroxyl groups excluding tert-OH is 1. The van der Waals surface area contributed by atoms with Crippen LogP contribution in [0.1, 0.15) is 11.1 Å². The van der Waals surface area contributed by atoms with E-state index < -0.39 is 11.6 Å². The predicted octanol–water partition coefficient (Wildman–Crippen LogP) is 3.54. The first kappa shape index (κ1) is 15.3. The summed E-state index contributed by atoms with van der Waals surface area (Å²) >= 11 is 5.68. The maximum Gasteiger partial charge on any atom is 0.141 e. The highest BCUT2D eigenvalue weighted by molar-refractivity contribution is 6.30. The maximum absolute atomic E-state index is 13.3. The van der Waals surface area contributed by atoms with Gasteiger partial charge in [-0.25, -0.2) is 8.78 Å². The van der Waals surface area contributed by atoms with Gasteiger partial charge in [-0.1, -0.05) is 29.5 Å². The van der Waals surface area contributed by atoms with E-state index in [1.54, 1.807) is 0 Å². The van der Waals surface area contributed by atoms with E-state index in [0.29, 0.717) is 11.1 Å². The average molecular weight is 309 g/mol. The summed E-state index contributed by atoms with van der Waals surface area (Å²) in [5.74, 6) is 4.41. The summed E-state index contributed by atoms with van der Waals surface area (Å²) in [6, 6.07) is 8.12. The van der Waals surface area contributed by atoms with Crippen molar-refractivity contribution < 1.29 is 18.6 Å². The van der Waals surface area contributed by atoms with Crippen molar-refractivity contribution >= 4 is 11.6 Å². The molecule has 0 saturated heterocycles. The molecule has 0 saturated carbocycles. The third-order valence-corrected chi connectivity index (χ3v) is 2.91. The van der Waals surface area contributed by atoms with E-state index in [1.807, 2.05) is 0 Å². The van der Waals surface area contributed by atoms with Crippen LogP contribution in [-0.2, 0) is 6.61 Å². The highest BCUT2D eigenvalue weighted by Crippen LogP contribution is 2.22. The first-order valence-electron chi connectivity index (χ1n) is 6.06. The molecule has 108 valence electrons. The van der Waals surface area contributed by atoms with Crippen LogP contribution in [0.5, 0.6) is 5.75 Å². The quantitative estimate of drug-likeness (QED) is 0.879. The van der Waals surface area contributed by atoms with E-state index in [-0.39, 0.29) is 24.0 Å². The Bertz CT molecular complexity index is 705. The number of benzene rings is 2. The van der Waals surface area contributed by atoms with Crippen molar-refractivity contribution in [2.75, 3.05) is 6.61 Å². The zero-order valence-electron chi connectivity index (χ0n) is 10.9. The van der Waals surface area contributed by atoms with Gasteiger partial charge in [0.25, 0.3) is 0 Å². The van der Waals surface area contributed by atoms with Crippen LogP contribution in [0.3, 0.4) is 0 Å². The lowest BCUT2D eigenvalue weighted by Gasteiger charge is -2.09. The molecule has 0 aliphatic heterocycles. The van der Waals surface area contributed by atoms with Crippen molar-refractivity contribution in [3.05, 3.63) is 64.2 Å². The molecule has 2 aromatic rings. The minimum absolute atomic E-state index is 0.00404. The van der Waals surface area contributed by atoms with Crippen molar-refractivity contribution in [1.29, 1.82) is 0 Å². The molecule has 0 radical (unpaired) electrons. The number of halogens is 3. The van der Waals surface area contributed by atoms with Gasteiger partial charge < -0.3 is 9.84 Å². The lowest BCUT2D eigenvalue weighted by atomic mass is 10.2. The van der Waals surface area contributed by atoms with Gasteiger partial charge in [0, 0.05) is 6.07 Å². The van der Waals surface area contributed by atoms with E-state index in [1.165, 1.54) is 36.4 Å². The number of ether oxygens (including phenoxy) is 1. The Balaban J connectivity index is 2.18. The molecule has 2 rings (SSSR count). The zero-order valence-corrected chi connectivity index (χ0v) is 11.6. The topological polar surface area (TPSA) is 29.5 Å². The lowest BCUT2D eigenvalue weighted by Crippen LogP contribution is -1.98. The Hall–Kier alpha value is -2.09. The molecule has 0 heterocycles. The first-order valence-corrected chi connectivity index (χ1v) is 6.44. The van der Waals surface area contributed by atoms with Crippen molar-refractivity contribution in [3.8, 4) is 17.6 Å². The summed E-state index contributed by atoms with van der Waals surface area (Å²) in [6.07, 6.45) is 0. The molecule has 1 N–H and O–H groups in total. The summed E-state index contributed by atoms with van der Waals surface area (Å²) in [5.41, 5.74) is 1.10. The van der Waals surface area contributed by atoms with Crippen LogP contribution in [-0.4, -0.2) is 11.7 Å². The lowest BCUT2D eigenvalue weighted by molar-refractivity contribution is 0.303. The summed E-state index contributed by atoms with van der Waals surface area (Å²) in [7, 11) is 0. The van der Waals surface area contributed by atoms with Gasteiger partial charge in [0.15, 0.2) is 0 Å². The summed E-state index contributed by atoms with van der Waals surface area (Å²) < 4.78 is 31.8. The van der Waals surface area contributed by atoms with Gasteiger partial charge in [0.05, 0.1) is 10.6 Å². The van der Waals surface area contributed by atoms with Crippen LogP contribution in [0.4, 0.5) is 8.78 Å². The second kappa shape index (κ2) is 7.07. The van der Waals surface area contributed by atoms with Crippen molar-refractivity contribution in [1.82, 2.24) is 0 Å². The third kappa shape index (κ3) is 4.19. The molecule has 2 aromatic carbocycles. The van der Waals surface area contributed by atoms with Crippen LogP contribution in [0.15, 0.2) is 36.4 Å². The Morgan fingerprint density at radius 3 is 2.67 bits per heavy atom. The van der Waals surface area contributed by atoms with Crippen LogP contribution >= 0.6 is 11.6 Å². The van der Waals surface area contributed by atoms with E-state index in [9.17, 15) is 8.78 Å². The molecule has 5 heteroatoms. The zero-order chi connectivity index (χ0) is 15.2. The highest BCUT2D eigenvalue weighted by Gasteiger charge is 2.06. The van der Waals surface area contributed by atoms with Gasteiger partial charge >= 0.3 is 0 Å². The maximum atomic E-state index is 13.3. The first-order chi connectivity index (χ1) is 10.1. The average Bonchev–Trinajstić information content (AvgIpc) is 2.47. The van der Waals surface area contributed by atoms with Crippen LogP contribution < -0.4 is 4.74 Å². The molecule has 0 fully saturated rings. The molecule has 0 aliphatic rings. The van der Waals surface area contributed by atoms with Crippen molar-refractivity contribution in [2.24, 2.45) is 0 Å². The van der Waals surface area contributed by atoms with Gasteiger partial charge in [-0.3, -0.25) is 0 Å². The Labute approximate surface area is 125 Å². The molecule has 0 unspecified atom stereocenters.